The molecule has 0 fully saturated rings. The van der Waals surface area contributed by atoms with E-state index >= 15 is 0 Å². The van der Waals surface area contributed by atoms with E-state index in [-0.39, 0.29) is 5.91 Å². The number of aromatic nitrogens is 1. The summed E-state index contributed by atoms with van der Waals surface area (Å²) in [6, 6.07) is 0. The van der Waals surface area contributed by atoms with Gasteiger partial charge in [0, 0.05) is 18.5 Å². The Morgan fingerprint density at radius 3 is 2.72 bits per heavy atom. The van der Waals surface area contributed by atoms with E-state index in [1.807, 2.05) is 12.3 Å². The highest BCUT2D eigenvalue weighted by Gasteiger charge is 2.05. The van der Waals surface area contributed by atoms with Crippen LogP contribution in [0.15, 0.2) is 5.38 Å². The van der Waals surface area contributed by atoms with Crippen LogP contribution in [0.5, 0.6) is 0 Å². The minimum atomic E-state index is -0.0381. The molecule has 1 aromatic heterocycles. The minimum Gasteiger partial charge on any atom is -0.307 e. The summed E-state index contributed by atoms with van der Waals surface area (Å²) in [6.07, 6.45) is 0. The molecule has 6 heteroatoms. The van der Waals surface area contributed by atoms with Crippen LogP contribution in [0.2, 0.25) is 0 Å². The van der Waals surface area contributed by atoms with Gasteiger partial charge >= 0.3 is 0 Å². The molecule has 0 aliphatic rings. The quantitative estimate of drug-likeness (QED) is 0.700. The molecule has 0 bridgehead atoms. The van der Waals surface area contributed by atoms with Crippen molar-refractivity contribution in [2.24, 2.45) is 0 Å². The largest absolute Gasteiger partial charge is 0.307 e. The molecule has 0 aromatic carbocycles. The Balaban J connectivity index is 2.14. The zero-order valence-corrected chi connectivity index (χ0v) is 12.1. The minimum absolute atomic E-state index is 0.0381. The van der Waals surface area contributed by atoms with Crippen molar-refractivity contribution in [1.82, 2.24) is 15.2 Å². The van der Waals surface area contributed by atoms with E-state index in [9.17, 15) is 4.79 Å². The number of nitrogens with zero attached hydrogens (tertiary/aromatic N) is 2. The van der Waals surface area contributed by atoms with Crippen molar-refractivity contribution in [1.29, 1.82) is 0 Å². The lowest BCUT2D eigenvalue weighted by atomic mass is 10.4. The van der Waals surface area contributed by atoms with Crippen molar-refractivity contribution in [3.63, 3.8) is 0 Å². The zero-order valence-electron chi connectivity index (χ0n) is 11.3. The van der Waals surface area contributed by atoms with Gasteiger partial charge in [-0.1, -0.05) is 13.8 Å². The van der Waals surface area contributed by atoms with Gasteiger partial charge < -0.3 is 15.5 Å². The molecule has 1 amide bonds. The molecule has 102 valence electrons. The van der Waals surface area contributed by atoms with Gasteiger partial charge in [0.1, 0.15) is 0 Å². The first kappa shape index (κ1) is 15.1. The van der Waals surface area contributed by atoms with E-state index in [0.29, 0.717) is 11.7 Å². The topological polar surface area (TPSA) is 57.3 Å². The maximum Gasteiger partial charge on any atom is 0.240 e. The summed E-state index contributed by atoms with van der Waals surface area (Å²) >= 11 is 1.45. The van der Waals surface area contributed by atoms with Crippen molar-refractivity contribution in [3.05, 3.63) is 11.1 Å². The van der Waals surface area contributed by atoms with E-state index in [1.54, 1.807) is 0 Å². The van der Waals surface area contributed by atoms with E-state index < -0.39 is 0 Å². The molecule has 2 N–H and O–H groups in total. The van der Waals surface area contributed by atoms with Crippen LogP contribution in [-0.4, -0.2) is 48.5 Å². The van der Waals surface area contributed by atoms with Crippen molar-refractivity contribution >= 4 is 22.4 Å². The Labute approximate surface area is 113 Å². The lowest BCUT2D eigenvalue weighted by Gasteiger charge is -2.17. The molecule has 18 heavy (non-hydrogen) atoms. The summed E-state index contributed by atoms with van der Waals surface area (Å²) in [5, 5.41) is 8.50. The average molecular weight is 270 g/mol. The Bertz CT molecular complexity index is 363. The first-order chi connectivity index (χ1) is 8.65. The highest BCUT2D eigenvalue weighted by atomic mass is 32.1. The van der Waals surface area contributed by atoms with E-state index in [0.717, 1.165) is 31.9 Å². The fraction of sp³-hybridized carbons (Fsp3) is 0.667. The lowest BCUT2D eigenvalue weighted by Crippen LogP contribution is -2.35. The molecule has 1 heterocycles. The molecular formula is C12H22N4OS. The number of likely N-dealkylation sites (N-methyl/N-ethyl adjacent to an activating group) is 1. The van der Waals surface area contributed by atoms with E-state index in [1.165, 1.54) is 11.3 Å². The smallest absolute Gasteiger partial charge is 0.240 e. The molecule has 0 radical (unpaired) electrons. The van der Waals surface area contributed by atoms with Crippen LogP contribution in [0.1, 0.15) is 19.5 Å². The van der Waals surface area contributed by atoms with Crippen LogP contribution in [0.4, 0.5) is 5.13 Å². The predicted octanol–water partition coefficient (Wildman–Crippen LogP) is 1.32. The summed E-state index contributed by atoms with van der Waals surface area (Å²) in [4.78, 5) is 18.1. The number of anilines is 1. The van der Waals surface area contributed by atoms with Gasteiger partial charge in [0.2, 0.25) is 5.91 Å². The second-order valence-corrected chi connectivity index (χ2v) is 4.90. The predicted molar refractivity (Wildman–Crippen MR) is 76.1 cm³/mol. The van der Waals surface area contributed by atoms with E-state index in [4.69, 9.17) is 0 Å². The van der Waals surface area contributed by atoms with Gasteiger partial charge in [-0.3, -0.25) is 4.79 Å². The van der Waals surface area contributed by atoms with Gasteiger partial charge in [0.05, 0.1) is 12.2 Å². The fourth-order valence-corrected chi connectivity index (χ4v) is 2.26. The Kier molecular flexibility index (Phi) is 6.85. The van der Waals surface area contributed by atoms with Gasteiger partial charge in [0.25, 0.3) is 0 Å². The number of rotatable bonds is 8. The highest BCUT2D eigenvalue weighted by molar-refractivity contribution is 7.13. The zero-order chi connectivity index (χ0) is 13.4. The number of thiazole rings is 1. The summed E-state index contributed by atoms with van der Waals surface area (Å²) in [6.45, 7) is 10.4. The summed E-state index contributed by atoms with van der Waals surface area (Å²) in [7, 11) is 0. The second kappa shape index (κ2) is 8.18. The third kappa shape index (κ3) is 5.57. The fourth-order valence-electron chi connectivity index (χ4n) is 1.55. The molecule has 1 aromatic rings. The van der Waals surface area contributed by atoms with Crippen LogP contribution in [0.25, 0.3) is 0 Å². The van der Waals surface area contributed by atoms with Gasteiger partial charge in [-0.25, -0.2) is 4.98 Å². The summed E-state index contributed by atoms with van der Waals surface area (Å²) in [5.74, 6) is -0.0381. The standard InChI is InChI=1S/C12H22N4OS/c1-4-16(5-2)7-6-13-8-11(17)15-12-14-10(3)9-18-12/h9,13H,4-8H2,1-3H3,(H,14,15,17). The monoisotopic (exact) mass is 270 g/mol. The number of amides is 1. The van der Waals surface area contributed by atoms with Gasteiger partial charge in [-0.2, -0.15) is 0 Å². The molecule has 0 saturated carbocycles. The number of hydrogen-bond acceptors (Lipinski definition) is 5. The summed E-state index contributed by atoms with van der Waals surface area (Å²) < 4.78 is 0. The molecule has 0 saturated heterocycles. The van der Waals surface area contributed by atoms with Gasteiger partial charge in [0.15, 0.2) is 5.13 Å². The molecule has 0 aliphatic carbocycles. The summed E-state index contributed by atoms with van der Waals surface area (Å²) in [5.41, 5.74) is 0.935. The van der Waals surface area contributed by atoms with E-state index in [2.05, 4.69) is 34.4 Å². The highest BCUT2D eigenvalue weighted by Crippen LogP contribution is 2.13. The SMILES string of the molecule is CCN(CC)CCNCC(=O)Nc1nc(C)cs1. The Hall–Kier alpha value is -0.980. The molecular weight excluding hydrogens is 248 g/mol. The van der Waals surface area contributed by atoms with Crippen LogP contribution >= 0.6 is 11.3 Å². The molecule has 5 nitrogen and oxygen atoms in total. The van der Waals surface area contributed by atoms with Crippen molar-refractivity contribution in [2.45, 2.75) is 20.8 Å². The number of carbonyl (C=O) groups is 1. The van der Waals surface area contributed by atoms with Crippen LogP contribution in [0, 0.1) is 6.92 Å². The average Bonchev–Trinajstić information content (AvgIpc) is 2.75. The molecule has 0 unspecified atom stereocenters. The molecule has 1 rings (SSSR count). The third-order valence-corrected chi connectivity index (χ3v) is 3.53. The van der Waals surface area contributed by atoms with Crippen LogP contribution < -0.4 is 10.6 Å². The van der Waals surface area contributed by atoms with Crippen molar-refractivity contribution < 1.29 is 4.79 Å². The van der Waals surface area contributed by atoms with Crippen molar-refractivity contribution in [2.75, 3.05) is 38.0 Å². The Morgan fingerprint density at radius 2 is 2.17 bits per heavy atom. The number of carbonyl (C=O) groups excluding carboxylic acids is 1. The first-order valence-corrected chi connectivity index (χ1v) is 7.18. The number of hydrogen-bond donors (Lipinski definition) is 2. The molecule has 0 atom stereocenters. The van der Waals surface area contributed by atoms with Crippen LogP contribution in [0.3, 0.4) is 0 Å². The first-order valence-electron chi connectivity index (χ1n) is 6.30. The maximum absolute atomic E-state index is 11.6. The normalized spacial score (nSPS) is 10.9. The maximum atomic E-state index is 11.6. The second-order valence-electron chi connectivity index (χ2n) is 4.05. The van der Waals surface area contributed by atoms with Crippen LogP contribution in [-0.2, 0) is 4.79 Å². The van der Waals surface area contributed by atoms with Crippen molar-refractivity contribution in [3.8, 4) is 0 Å². The Morgan fingerprint density at radius 1 is 1.44 bits per heavy atom. The lowest BCUT2D eigenvalue weighted by molar-refractivity contribution is -0.115. The molecule has 0 spiro atoms. The number of aryl methyl sites for hydroxylation is 1. The van der Waals surface area contributed by atoms with Gasteiger partial charge in [-0.15, -0.1) is 11.3 Å². The third-order valence-electron chi connectivity index (χ3n) is 2.65. The molecule has 0 aliphatic heterocycles. The van der Waals surface area contributed by atoms with Gasteiger partial charge in [-0.05, 0) is 20.0 Å². The number of nitrogens with one attached hydrogen (secondary N) is 2.